The van der Waals surface area contributed by atoms with Gasteiger partial charge in [-0.15, -0.1) is 0 Å². The van der Waals surface area contributed by atoms with Gasteiger partial charge in [0.2, 0.25) is 0 Å². The highest BCUT2D eigenvalue weighted by Gasteiger charge is 2.22. The van der Waals surface area contributed by atoms with Gasteiger partial charge in [0.05, 0.1) is 12.8 Å². The number of benzene rings is 2. The third-order valence-corrected chi connectivity index (χ3v) is 5.20. The molecule has 0 aliphatic rings. The minimum atomic E-state index is -3.98. The number of ether oxygens (including phenoxy) is 1. The number of rotatable bonds is 5. The summed E-state index contributed by atoms with van der Waals surface area (Å²) in [7, 11) is -2.59. The van der Waals surface area contributed by atoms with E-state index in [0.29, 0.717) is 4.47 Å². The molecule has 0 spiro atoms. The van der Waals surface area contributed by atoms with Crippen molar-refractivity contribution in [3.8, 4) is 5.75 Å². The van der Waals surface area contributed by atoms with Crippen molar-refractivity contribution in [3.05, 3.63) is 52.3 Å². The van der Waals surface area contributed by atoms with Crippen LogP contribution >= 0.6 is 15.9 Å². The van der Waals surface area contributed by atoms with Crippen molar-refractivity contribution < 1.29 is 17.5 Å². The molecule has 0 atom stereocenters. The van der Waals surface area contributed by atoms with E-state index in [1.807, 2.05) is 19.9 Å². The van der Waals surface area contributed by atoms with Crippen LogP contribution < -0.4 is 9.46 Å². The SMILES string of the molecule is COc1ccc(C(C)C)cc1S(=O)(=O)Nc1ccc(Br)cc1F. The maximum absolute atomic E-state index is 13.9. The van der Waals surface area contributed by atoms with Crippen LogP contribution in [0.15, 0.2) is 45.8 Å². The molecule has 0 saturated carbocycles. The van der Waals surface area contributed by atoms with Crippen molar-refractivity contribution in [1.29, 1.82) is 0 Å². The molecule has 0 fully saturated rings. The summed E-state index contributed by atoms with van der Waals surface area (Å²) in [6.07, 6.45) is 0. The Morgan fingerprint density at radius 1 is 1.17 bits per heavy atom. The fourth-order valence-electron chi connectivity index (χ4n) is 2.03. The molecule has 2 rings (SSSR count). The van der Waals surface area contributed by atoms with Crippen LogP contribution in [-0.2, 0) is 10.0 Å². The van der Waals surface area contributed by atoms with Gasteiger partial charge in [-0.3, -0.25) is 4.72 Å². The molecule has 1 N–H and O–H groups in total. The van der Waals surface area contributed by atoms with Crippen molar-refractivity contribution in [2.75, 3.05) is 11.8 Å². The van der Waals surface area contributed by atoms with Gasteiger partial charge in [-0.05, 0) is 41.8 Å². The first kappa shape index (κ1) is 17.7. The fourth-order valence-corrected chi connectivity index (χ4v) is 3.64. The Morgan fingerprint density at radius 2 is 1.87 bits per heavy atom. The smallest absolute Gasteiger partial charge is 0.265 e. The van der Waals surface area contributed by atoms with E-state index in [9.17, 15) is 12.8 Å². The van der Waals surface area contributed by atoms with Crippen molar-refractivity contribution in [2.24, 2.45) is 0 Å². The fraction of sp³-hybridized carbons (Fsp3) is 0.250. The molecule has 0 amide bonds. The van der Waals surface area contributed by atoms with Crippen LogP contribution in [0.1, 0.15) is 25.3 Å². The van der Waals surface area contributed by atoms with Crippen molar-refractivity contribution >= 4 is 31.6 Å². The monoisotopic (exact) mass is 401 g/mol. The van der Waals surface area contributed by atoms with Crippen LogP contribution in [0.3, 0.4) is 0 Å². The van der Waals surface area contributed by atoms with E-state index < -0.39 is 15.8 Å². The lowest BCUT2D eigenvalue weighted by molar-refractivity contribution is 0.402. The average molecular weight is 402 g/mol. The maximum atomic E-state index is 13.9. The van der Waals surface area contributed by atoms with Crippen LogP contribution in [0.4, 0.5) is 10.1 Å². The second-order valence-corrected chi connectivity index (χ2v) is 7.86. The molecule has 0 aromatic heterocycles. The molecule has 7 heteroatoms. The first-order chi connectivity index (χ1) is 10.7. The Labute approximate surface area is 143 Å². The highest BCUT2D eigenvalue weighted by atomic mass is 79.9. The van der Waals surface area contributed by atoms with Gasteiger partial charge in [-0.25, -0.2) is 12.8 Å². The lowest BCUT2D eigenvalue weighted by atomic mass is 10.0. The third-order valence-electron chi connectivity index (χ3n) is 3.32. The number of nitrogens with one attached hydrogen (secondary N) is 1. The Hall–Kier alpha value is -1.60. The molecule has 0 aliphatic carbocycles. The topological polar surface area (TPSA) is 55.4 Å². The van der Waals surface area contributed by atoms with Crippen LogP contribution in [0.5, 0.6) is 5.75 Å². The van der Waals surface area contributed by atoms with E-state index in [0.717, 1.165) is 5.56 Å². The second-order valence-electron chi connectivity index (χ2n) is 5.29. The molecule has 0 unspecified atom stereocenters. The lowest BCUT2D eigenvalue weighted by Crippen LogP contribution is -2.15. The average Bonchev–Trinajstić information content (AvgIpc) is 2.49. The first-order valence-electron chi connectivity index (χ1n) is 6.90. The Balaban J connectivity index is 2.48. The predicted molar refractivity (Wildman–Crippen MR) is 92.0 cm³/mol. The van der Waals surface area contributed by atoms with E-state index in [1.165, 1.54) is 19.2 Å². The van der Waals surface area contributed by atoms with E-state index in [2.05, 4.69) is 20.7 Å². The maximum Gasteiger partial charge on any atom is 0.265 e. The summed E-state index contributed by atoms with van der Waals surface area (Å²) in [5.41, 5.74) is 0.729. The zero-order valence-corrected chi connectivity index (χ0v) is 15.3. The molecule has 124 valence electrons. The zero-order chi connectivity index (χ0) is 17.2. The van der Waals surface area contributed by atoms with Gasteiger partial charge in [-0.2, -0.15) is 0 Å². The quantitative estimate of drug-likeness (QED) is 0.800. The summed E-state index contributed by atoms with van der Waals surface area (Å²) in [6.45, 7) is 3.92. The highest BCUT2D eigenvalue weighted by molar-refractivity contribution is 9.10. The summed E-state index contributed by atoms with van der Waals surface area (Å²) >= 11 is 3.13. The predicted octanol–water partition coefficient (Wildman–Crippen LogP) is 4.52. The number of halogens is 2. The molecule has 0 aliphatic heterocycles. The zero-order valence-electron chi connectivity index (χ0n) is 12.9. The number of hydrogen-bond acceptors (Lipinski definition) is 3. The van der Waals surface area contributed by atoms with Gasteiger partial charge in [0.25, 0.3) is 10.0 Å². The van der Waals surface area contributed by atoms with Gasteiger partial charge in [0.15, 0.2) is 0 Å². The minimum Gasteiger partial charge on any atom is -0.495 e. The lowest BCUT2D eigenvalue weighted by Gasteiger charge is -2.15. The van der Waals surface area contributed by atoms with Gasteiger partial charge < -0.3 is 4.74 Å². The number of hydrogen-bond donors (Lipinski definition) is 1. The first-order valence-corrected chi connectivity index (χ1v) is 9.18. The highest BCUT2D eigenvalue weighted by Crippen LogP contribution is 2.30. The number of anilines is 1. The molecule has 0 bridgehead atoms. The molecule has 0 saturated heterocycles. The van der Waals surface area contributed by atoms with Crippen molar-refractivity contribution in [1.82, 2.24) is 0 Å². The second kappa shape index (κ2) is 6.88. The van der Waals surface area contributed by atoms with Gasteiger partial charge in [0.1, 0.15) is 16.5 Å². The third kappa shape index (κ3) is 4.03. The standard InChI is InChI=1S/C16H17BrFNO3S/c1-10(2)11-4-7-15(22-3)16(8-11)23(20,21)19-14-6-5-12(17)9-13(14)18/h4-10,19H,1-3H3. The number of methoxy groups -OCH3 is 1. The summed E-state index contributed by atoms with van der Waals surface area (Å²) in [4.78, 5) is -0.0199. The molecular weight excluding hydrogens is 385 g/mol. The molecule has 4 nitrogen and oxygen atoms in total. The molecule has 2 aromatic rings. The molecule has 0 radical (unpaired) electrons. The molecular formula is C16H17BrFNO3S. The largest absolute Gasteiger partial charge is 0.495 e. The molecule has 0 heterocycles. The summed E-state index contributed by atoms with van der Waals surface area (Å²) in [5, 5.41) is 0. The van der Waals surface area contributed by atoms with Gasteiger partial charge in [-0.1, -0.05) is 35.8 Å². The minimum absolute atomic E-state index is 0.0199. The Bertz CT molecular complexity index is 822. The van der Waals surface area contributed by atoms with E-state index in [1.54, 1.807) is 18.2 Å². The van der Waals surface area contributed by atoms with E-state index >= 15 is 0 Å². The van der Waals surface area contributed by atoms with Gasteiger partial charge >= 0.3 is 0 Å². The van der Waals surface area contributed by atoms with Crippen LogP contribution in [0.2, 0.25) is 0 Å². The van der Waals surface area contributed by atoms with E-state index in [4.69, 9.17) is 4.74 Å². The van der Waals surface area contributed by atoms with Crippen LogP contribution in [0.25, 0.3) is 0 Å². The normalized spacial score (nSPS) is 11.6. The molecule has 23 heavy (non-hydrogen) atoms. The van der Waals surface area contributed by atoms with E-state index in [-0.39, 0.29) is 22.3 Å². The van der Waals surface area contributed by atoms with Crippen molar-refractivity contribution in [3.63, 3.8) is 0 Å². The summed E-state index contributed by atoms with van der Waals surface area (Å²) in [5.74, 6) is -0.305. The molecule has 2 aromatic carbocycles. The Kier molecular flexibility index (Phi) is 5.31. The van der Waals surface area contributed by atoms with Crippen LogP contribution in [-0.4, -0.2) is 15.5 Å². The summed E-state index contributed by atoms with van der Waals surface area (Å²) in [6, 6.07) is 9.06. The number of sulfonamides is 1. The van der Waals surface area contributed by atoms with Gasteiger partial charge in [0, 0.05) is 4.47 Å². The van der Waals surface area contributed by atoms with Crippen LogP contribution in [0, 0.1) is 5.82 Å². The van der Waals surface area contributed by atoms with Crippen molar-refractivity contribution in [2.45, 2.75) is 24.7 Å². The summed E-state index contributed by atoms with van der Waals surface area (Å²) < 4.78 is 47.1. The Morgan fingerprint density at radius 3 is 2.43 bits per heavy atom.